The number of amides is 1. The summed E-state index contributed by atoms with van der Waals surface area (Å²) >= 11 is 0. The van der Waals surface area contributed by atoms with Gasteiger partial charge < -0.3 is 10.2 Å². The number of rotatable bonds is 4. The van der Waals surface area contributed by atoms with Gasteiger partial charge in [0.25, 0.3) is 0 Å². The van der Waals surface area contributed by atoms with Gasteiger partial charge in [0.2, 0.25) is 5.91 Å². The van der Waals surface area contributed by atoms with Gasteiger partial charge in [-0.15, -0.1) is 0 Å². The van der Waals surface area contributed by atoms with Crippen LogP contribution in [0.15, 0.2) is 0 Å². The number of hydrogen-bond acceptors (Lipinski definition) is 2. The number of carbonyl (C=O) groups excluding carboxylic acids is 1. The summed E-state index contributed by atoms with van der Waals surface area (Å²) in [4.78, 5) is 16.0. The lowest BCUT2D eigenvalue weighted by atomic mass is 9.40. The SMILES string of the molecule is CC(C)CN1CCC(NC(=O)C23CC4CC(C)(CC(C)(C4)C2)C3)CC1. The second kappa shape index (κ2) is 5.97. The highest BCUT2D eigenvalue weighted by Crippen LogP contribution is 2.69. The molecule has 0 aromatic heterocycles. The Morgan fingerprint density at radius 3 is 2.16 bits per heavy atom. The van der Waals surface area contributed by atoms with E-state index in [4.69, 9.17) is 0 Å². The maximum Gasteiger partial charge on any atom is 0.226 e. The molecule has 3 nitrogen and oxygen atoms in total. The average Bonchev–Trinajstić information content (AvgIpc) is 2.45. The first kappa shape index (κ1) is 17.8. The van der Waals surface area contributed by atoms with Gasteiger partial charge in [-0.05, 0) is 74.0 Å². The van der Waals surface area contributed by atoms with E-state index in [1.807, 2.05) is 0 Å². The number of carbonyl (C=O) groups is 1. The van der Waals surface area contributed by atoms with Crippen molar-refractivity contribution in [2.45, 2.75) is 85.1 Å². The molecule has 3 heteroatoms. The fourth-order valence-electron chi connectivity index (χ4n) is 7.82. The van der Waals surface area contributed by atoms with E-state index in [2.05, 4.69) is 37.9 Å². The van der Waals surface area contributed by atoms with Gasteiger partial charge in [0.15, 0.2) is 0 Å². The van der Waals surface area contributed by atoms with Crippen molar-refractivity contribution in [1.82, 2.24) is 10.2 Å². The Morgan fingerprint density at radius 1 is 1.04 bits per heavy atom. The van der Waals surface area contributed by atoms with Crippen LogP contribution in [0.1, 0.15) is 79.1 Å². The van der Waals surface area contributed by atoms with Crippen molar-refractivity contribution in [3.05, 3.63) is 0 Å². The molecule has 0 aromatic rings. The van der Waals surface area contributed by atoms with Crippen LogP contribution in [0.5, 0.6) is 0 Å². The minimum atomic E-state index is -0.0437. The summed E-state index contributed by atoms with van der Waals surface area (Å²) in [5.74, 6) is 1.95. The van der Waals surface area contributed by atoms with E-state index in [-0.39, 0.29) is 5.41 Å². The van der Waals surface area contributed by atoms with Gasteiger partial charge in [-0.2, -0.15) is 0 Å². The van der Waals surface area contributed by atoms with Crippen LogP contribution in [0.4, 0.5) is 0 Å². The lowest BCUT2D eigenvalue weighted by Gasteiger charge is -2.64. The monoisotopic (exact) mass is 346 g/mol. The van der Waals surface area contributed by atoms with Crippen molar-refractivity contribution in [3.63, 3.8) is 0 Å². The standard InChI is InChI=1S/C22H38N2O/c1-16(2)12-24-7-5-18(6-8-24)23-19(25)22-11-17-9-20(3,14-22)13-21(4,10-17)15-22/h16-18H,5-15H2,1-4H3,(H,23,25). The zero-order valence-corrected chi connectivity index (χ0v) is 16.9. The average molecular weight is 347 g/mol. The molecule has 5 fully saturated rings. The number of nitrogens with one attached hydrogen (secondary N) is 1. The summed E-state index contributed by atoms with van der Waals surface area (Å²) in [6.45, 7) is 13.0. The molecule has 1 heterocycles. The molecular formula is C22H38N2O. The number of nitrogens with zero attached hydrogens (tertiary/aromatic N) is 1. The van der Waals surface area contributed by atoms with E-state index >= 15 is 0 Å². The number of piperidine rings is 1. The van der Waals surface area contributed by atoms with E-state index in [1.54, 1.807) is 0 Å². The first-order valence-electron chi connectivity index (χ1n) is 10.7. The zero-order valence-electron chi connectivity index (χ0n) is 16.9. The fraction of sp³-hybridized carbons (Fsp3) is 0.955. The third-order valence-electron chi connectivity index (χ3n) is 7.65. The van der Waals surface area contributed by atoms with Crippen molar-refractivity contribution in [2.75, 3.05) is 19.6 Å². The number of likely N-dealkylation sites (tertiary alicyclic amines) is 1. The Bertz CT molecular complexity index is 516. The Morgan fingerprint density at radius 2 is 1.64 bits per heavy atom. The summed E-state index contributed by atoms with van der Waals surface area (Å²) in [5, 5.41) is 3.52. The lowest BCUT2D eigenvalue weighted by Crippen LogP contribution is -2.61. The van der Waals surface area contributed by atoms with Crippen LogP contribution in [0.25, 0.3) is 0 Å². The van der Waals surface area contributed by atoms with Crippen LogP contribution >= 0.6 is 0 Å². The van der Waals surface area contributed by atoms with Crippen molar-refractivity contribution < 1.29 is 4.79 Å². The smallest absolute Gasteiger partial charge is 0.226 e. The Balaban J connectivity index is 1.39. The summed E-state index contributed by atoms with van der Waals surface area (Å²) in [5.41, 5.74) is 0.802. The normalized spacial score (nSPS) is 44.4. The van der Waals surface area contributed by atoms with E-state index < -0.39 is 0 Å². The first-order chi connectivity index (χ1) is 11.7. The van der Waals surface area contributed by atoms with E-state index in [0.717, 1.165) is 57.0 Å². The predicted molar refractivity (Wildman–Crippen MR) is 102 cm³/mol. The molecule has 1 saturated heterocycles. The van der Waals surface area contributed by atoms with Crippen molar-refractivity contribution in [3.8, 4) is 0 Å². The van der Waals surface area contributed by atoms with Crippen LogP contribution < -0.4 is 5.32 Å². The van der Waals surface area contributed by atoms with Gasteiger partial charge in [0, 0.05) is 25.7 Å². The topological polar surface area (TPSA) is 32.3 Å². The highest BCUT2D eigenvalue weighted by Gasteiger charge is 2.62. The first-order valence-corrected chi connectivity index (χ1v) is 10.7. The quantitative estimate of drug-likeness (QED) is 0.826. The Labute approximate surface area is 154 Å². The van der Waals surface area contributed by atoms with Gasteiger partial charge >= 0.3 is 0 Å². The molecule has 1 aliphatic heterocycles. The third-order valence-corrected chi connectivity index (χ3v) is 7.65. The molecule has 25 heavy (non-hydrogen) atoms. The lowest BCUT2D eigenvalue weighted by molar-refractivity contribution is -0.171. The minimum absolute atomic E-state index is 0.0437. The highest BCUT2D eigenvalue weighted by molar-refractivity contribution is 5.83. The maximum atomic E-state index is 13.4. The molecule has 0 radical (unpaired) electrons. The van der Waals surface area contributed by atoms with Gasteiger partial charge in [0.05, 0.1) is 5.41 Å². The van der Waals surface area contributed by atoms with Crippen LogP contribution in [0.3, 0.4) is 0 Å². The molecule has 0 aromatic carbocycles. The molecule has 1 N–H and O–H groups in total. The third kappa shape index (κ3) is 3.38. The van der Waals surface area contributed by atoms with Crippen LogP contribution in [-0.4, -0.2) is 36.5 Å². The highest BCUT2D eigenvalue weighted by atomic mass is 16.2. The summed E-state index contributed by atoms with van der Waals surface area (Å²) < 4.78 is 0. The van der Waals surface area contributed by atoms with E-state index in [0.29, 0.717) is 22.8 Å². The number of hydrogen-bond donors (Lipinski definition) is 1. The molecule has 5 rings (SSSR count). The molecule has 1 amide bonds. The zero-order chi connectivity index (χ0) is 17.9. The van der Waals surface area contributed by atoms with E-state index in [9.17, 15) is 4.79 Å². The second-order valence-corrected chi connectivity index (χ2v) is 11.4. The van der Waals surface area contributed by atoms with E-state index in [1.165, 1.54) is 25.8 Å². The van der Waals surface area contributed by atoms with Crippen LogP contribution in [0, 0.1) is 28.1 Å². The predicted octanol–water partition coefficient (Wildman–Crippen LogP) is 4.22. The van der Waals surface area contributed by atoms with Gasteiger partial charge in [-0.1, -0.05) is 27.7 Å². The molecule has 0 spiro atoms. The molecular weight excluding hydrogens is 308 g/mol. The molecule has 4 saturated carbocycles. The summed E-state index contributed by atoms with van der Waals surface area (Å²) in [6, 6.07) is 0.407. The van der Waals surface area contributed by atoms with Crippen molar-refractivity contribution >= 4 is 5.91 Å². The molecule has 2 atom stereocenters. The molecule has 142 valence electrons. The molecule has 2 unspecified atom stereocenters. The van der Waals surface area contributed by atoms with Crippen LogP contribution in [0.2, 0.25) is 0 Å². The molecule has 5 aliphatic rings. The molecule has 4 bridgehead atoms. The van der Waals surface area contributed by atoms with Gasteiger partial charge in [0.1, 0.15) is 0 Å². The summed E-state index contributed by atoms with van der Waals surface area (Å²) in [6.07, 6.45) is 9.79. The van der Waals surface area contributed by atoms with Crippen molar-refractivity contribution in [2.24, 2.45) is 28.1 Å². The Kier molecular flexibility index (Phi) is 4.26. The second-order valence-electron chi connectivity index (χ2n) is 11.4. The summed E-state index contributed by atoms with van der Waals surface area (Å²) in [7, 11) is 0. The largest absolute Gasteiger partial charge is 0.353 e. The van der Waals surface area contributed by atoms with Gasteiger partial charge in [-0.3, -0.25) is 4.79 Å². The maximum absolute atomic E-state index is 13.4. The van der Waals surface area contributed by atoms with Crippen LogP contribution in [-0.2, 0) is 4.79 Å². The molecule has 4 aliphatic carbocycles. The van der Waals surface area contributed by atoms with Crippen molar-refractivity contribution in [1.29, 1.82) is 0 Å². The van der Waals surface area contributed by atoms with Gasteiger partial charge in [-0.25, -0.2) is 0 Å². The minimum Gasteiger partial charge on any atom is -0.353 e. The fourth-order valence-corrected chi connectivity index (χ4v) is 7.82. The Hall–Kier alpha value is -0.570.